The molecule has 0 radical (unpaired) electrons. The van der Waals surface area contributed by atoms with Crippen LogP contribution in [0.2, 0.25) is 0 Å². The van der Waals surface area contributed by atoms with E-state index in [4.69, 9.17) is 4.74 Å². The zero-order chi connectivity index (χ0) is 17.0. The van der Waals surface area contributed by atoms with Crippen molar-refractivity contribution >= 4 is 6.09 Å². The van der Waals surface area contributed by atoms with E-state index in [0.717, 1.165) is 31.5 Å². The van der Waals surface area contributed by atoms with E-state index in [9.17, 15) is 4.79 Å². The van der Waals surface area contributed by atoms with Crippen molar-refractivity contribution in [2.75, 3.05) is 13.1 Å². The van der Waals surface area contributed by atoms with Gasteiger partial charge in [-0.1, -0.05) is 6.42 Å². The van der Waals surface area contributed by atoms with Gasteiger partial charge in [0, 0.05) is 38.4 Å². The summed E-state index contributed by atoms with van der Waals surface area (Å²) in [6, 6.07) is 2.50. The highest BCUT2D eigenvalue weighted by atomic mass is 16.6. The number of carbonyl (C=O) groups excluding carboxylic acids is 1. The lowest BCUT2D eigenvalue weighted by Gasteiger charge is -2.29. The van der Waals surface area contributed by atoms with E-state index < -0.39 is 5.60 Å². The van der Waals surface area contributed by atoms with Gasteiger partial charge in [0.1, 0.15) is 5.60 Å². The lowest BCUT2D eigenvalue weighted by atomic mass is 10.1. The number of amides is 1. The summed E-state index contributed by atoms with van der Waals surface area (Å²) in [6.45, 7) is 9.32. The molecule has 1 aliphatic rings. The van der Waals surface area contributed by atoms with Crippen molar-refractivity contribution < 1.29 is 9.53 Å². The fraction of sp³-hybridized carbons (Fsp3) is 0.765. The monoisotopic (exact) mass is 322 g/mol. The fourth-order valence-electron chi connectivity index (χ4n) is 3.02. The van der Waals surface area contributed by atoms with Gasteiger partial charge in [0.15, 0.2) is 0 Å². The van der Waals surface area contributed by atoms with Gasteiger partial charge < -0.3 is 15.0 Å². The number of nitrogens with one attached hydrogen (secondary N) is 1. The van der Waals surface area contributed by atoms with Crippen molar-refractivity contribution in [3.05, 3.63) is 18.0 Å². The van der Waals surface area contributed by atoms with Gasteiger partial charge in [0.25, 0.3) is 0 Å². The zero-order valence-electron chi connectivity index (χ0n) is 15.0. The van der Waals surface area contributed by atoms with Crippen LogP contribution in [0.25, 0.3) is 0 Å². The number of rotatable bonds is 3. The van der Waals surface area contributed by atoms with E-state index in [0.29, 0.717) is 6.54 Å². The number of ether oxygens (including phenoxy) is 1. The molecular weight excluding hydrogens is 292 g/mol. The van der Waals surface area contributed by atoms with Gasteiger partial charge in [-0.25, -0.2) is 4.79 Å². The Labute approximate surface area is 139 Å². The molecule has 6 nitrogen and oxygen atoms in total. The van der Waals surface area contributed by atoms with Crippen LogP contribution >= 0.6 is 0 Å². The highest BCUT2D eigenvalue weighted by Gasteiger charge is 2.27. The van der Waals surface area contributed by atoms with Gasteiger partial charge in [-0.3, -0.25) is 4.68 Å². The largest absolute Gasteiger partial charge is 0.444 e. The lowest BCUT2D eigenvalue weighted by molar-refractivity contribution is 0.0242. The molecule has 0 aliphatic carbocycles. The zero-order valence-corrected chi connectivity index (χ0v) is 15.0. The summed E-state index contributed by atoms with van der Waals surface area (Å²) in [4.78, 5) is 14.2. The maximum absolute atomic E-state index is 12.3. The number of aryl methyl sites for hydroxylation is 1. The second-order valence-corrected chi connectivity index (χ2v) is 7.39. The topological polar surface area (TPSA) is 59.4 Å². The highest BCUT2D eigenvalue weighted by molar-refractivity contribution is 5.68. The van der Waals surface area contributed by atoms with Crippen molar-refractivity contribution in [2.24, 2.45) is 7.05 Å². The maximum Gasteiger partial charge on any atom is 0.410 e. The third-order valence-corrected chi connectivity index (χ3v) is 4.11. The molecule has 2 unspecified atom stereocenters. The molecule has 1 amide bonds. The van der Waals surface area contributed by atoms with Gasteiger partial charge >= 0.3 is 6.09 Å². The molecule has 23 heavy (non-hydrogen) atoms. The van der Waals surface area contributed by atoms with Gasteiger partial charge in [-0.15, -0.1) is 0 Å². The van der Waals surface area contributed by atoms with Crippen LogP contribution in [0.1, 0.15) is 58.7 Å². The second kappa shape index (κ2) is 7.34. The van der Waals surface area contributed by atoms with E-state index >= 15 is 0 Å². The minimum Gasteiger partial charge on any atom is -0.444 e. The first-order valence-corrected chi connectivity index (χ1v) is 8.48. The van der Waals surface area contributed by atoms with E-state index in [1.165, 1.54) is 0 Å². The summed E-state index contributed by atoms with van der Waals surface area (Å²) >= 11 is 0. The van der Waals surface area contributed by atoms with Crippen LogP contribution in [-0.2, 0) is 11.8 Å². The Morgan fingerprint density at radius 2 is 2.17 bits per heavy atom. The minimum atomic E-state index is -0.450. The van der Waals surface area contributed by atoms with E-state index in [1.807, 2.05) is 49.7 Å². The first kappa shape index (κ1) is 17.8. The standard InChI is InChI=1S/C17H30N4O2/c1-13(15-9-10-18-20(15)5)19-14-8-6-7-11-21(12-14)16(22)23-17(2,3)4/h9-10,13-14,19H,6-8,11-12H2,1-5H3. The van der Waals surface area contributed by atoms with E-state index in [2.05, 4.69) is 17.3 Å². The molecule has 2 rings (SSSR count). The predicted molar refractivity (Wildman–Crippen MR) is 90.2 cm³/mol. The van der Waals surface area contributed by atoms with Crippen molar-refractivity contribution in [3.8, 4) is 0 Å². The first-order chi connectivity index (χ1) is 10.8. The minimum absolute atomic E-state index is 0.200. The predicted octanol–water partition coefficient (Wildman–Crippen LogP) is 2.86. The first-order valence-electron chi connectivity index (χ1n) is 8.48. The number of likely N-dealkylation sites (tertiary alicyclic amines) is 1. The van der Waals surface area contributed by atoms with Crippen molar-refractivity contribution in [3.63, 3.8) is 0 Å². The number of hydrogen-bond acceptors (Lipinski definition) is 4. The van der Waals surface area contributed by atoms with Gasteiger partial charge in [0.2, 0.25) is 0 Å². The number of nitrogens with zero attached hydrogens (tertiary/aromatic N) is 3. The Morgan fingerprint density at radius 1 is 1.43 bits per heavy atom. The molecule has 0 bridgehead atoms. The molecule has 1 aromatic heterocycles. The Balaban J connectivity index is 1.96. The van der Waals surface area contributed by atoms with Crippen molar-refractivity contribution in [2.45, 2.75) is 64.6 Å². The molecule has 1 N–H and O–H groups in total. The molecule has 0 saturated carbocycles. The number of carbonyl (C=O) groups is 1. The Hall–Kier alpha value is -1.56. The van der Waals surface area contributed by atoms with Crippen LogP contribution < -0.4 is 5.32 Å². The molecular formula is C17H30N4O2. The lowest BCUT2D eigenvalue weighted by Crippen LogP contribution is -2.45. The summed E-state index contributed by atoms with van der Waals surface area (Å²) in [5.74, 6) is 0. The van der Waals surface area contributed by atoms with Gasteiger partial charge in [-0.05, 0) is 46.6 Å². The molecule has 2 atom stereocenters. The normalized spacial score (nSPS) is 20.9. The summed E-state index contributed by atoms with van der Waals surface area (Å²) < 4.78 is 7.41. The molecule has 1 fully saturated rings. The molecule has 1 aliphatic heterocycles. The van der Waals surface area contributed by atoms with Crippen LogP contribution in [0, 0.1) is 0 Å². The van der Waals surface area contributed by atoms with Crippen LogP contribution in [0.4, 0.5) is 4.79 Å². The molecule has 1 aromatic rings. The molecule has 1 saturated heterocycles. The summed E-state index contributed by atoms with van der Waals surface area (Å²) in [5.41, 5.74) is 0.701. The summed E-state index contributed by atoms with van der Waals surface area (Å²) in [5, 5.41) is 7.86. The Morgan fingerprint density at radius 3 is 2.78 bits per heavy atom. The van der Waals surface area contributed by atoms with E-state index in [-0.39, 0.29) is 18.2 Å². The molecule has 0 spiro atoms. The average molecular weight is 322 g/mol. The van der Waals surface area contributed by atoms with Gasteiger partial charge in [0.05, 0.1) is 5.69 Å². The Bertz CT molecular complexity index is 521. The quantitative estimate of drug-likeness (QED) is 0.929. The summed E-state index contributed by atoms with van der Waals surface area (Å²) in [6.07, 6.45) is 4.82. The third-order valence-electron chi connectivity index (χ3n) is 4.11. The van der Waals surface area contributed by atoms with Gasteiger partial charge in [-0.2, -0.15) is 5.10 Å². The molecule has 0 aromatic carbocycles. The molecule has 130 valence electrons. The third kappa shape index (κ3) is 5.23. The van der Waals surface area contributed by atoms with Crippen molar-refractivity contribution in [1.29, 1.82) is 0 Å². The van der Waals surface area contributed by atoms with Crippen LogP contribution in [-0.4, -0.2) is 45.5 Å². The van der Waals surface area contributed by atoms with Crippen molar-refractivity contribution in [1.82, 2.24) is 20.0 Å². The molecule has 6 heteroatoms. The van der Waals surface area contributed by atoms with E-state index in [1.54, 1.807) is 0 Å². The molecule has 2 heterocycles. The Kier molecular flexibility index (Phi) is 5.68. The highest BCUT2D eigenvalue weighted by Crippen LogP contribution is 2.18. The fourth-order valence-corrected chi connectivity index (χ4v) is 3.02. The summed E-state index contributed by atoms with van der Waals surface area (Å²) in [7, 11) is 1.95. The smallest absolute Gasteiger partial charge is 0.410 e. The maximum atomic E-state index is 12.3. The average Bonchev–Trinajstić information content (AvgIpc) is 2.72. The van der Waals surface area contributed by atoms with Crippen LogP contribution in [0.15, 0.2) is 12.3 Å². The van der Waals surface area contributed by atoms with Crippen LogP contribution in [0.3, 0.4) is 0 Å². The number of hydrogen-bond donors (Lipinski definition) is 1. The second-order valence-electron chi connectivity index (χ2n) is 7.39. The number of aromatic nitrogens is 2. The SMILES string of the molecule is CC(NC1CCCCN(C(=O)OC(C)(C)C)C1)c1ccnn1C. The van der Waals surface area contributed by atoms with Crippen LogP contribution in [0.5, 0.6) is 0 Å².